The van der Waals surface area contributed by atoms with E-state index < -0.39 is 5.41 Å². The van der Waals surface area contributed by atoms with Crippen molar-refractivity contribution in [3.63, 3.8) is 0 Å². The molecule has 0 unspecified atom stereocenters. The van der Waals surface area contributed by atoms with Crippen LogP contribution in [0, 0.1) is 5.41 Å². The Morgan fingerprint density at radius 2 is 1.48 bits per heavy atom. The van der Waals surface area contributed by atoms with Crippen molar-refractivity contribution >= 4 is 5.91 Å². The molecule has 4 nitrogen and oxygen atoms in total. The molecule has 3 N–H and O–H groups in total. The fraction of sp³-hybridized carbons (Fsp3) is 0.941. The first-order valence-corrected chi connectivity index (χ1v) is 8.64. The smallest absolute Gasteiger partial charge is 0.242 e. The third kappa shape index (κ3) is 6.35. The highest BCUT2D eigenvalue weighted by Gasteiger charge is 2.38. The van der Waals surface area contributed by atoms with Gasteiger partial charge in [0.2, 0.25) is 5.91 Å². The van der Waals surface area contributed by atoms with Crippen LogP contribution >= 0.6 is 0 Å². The van der Waals surface area contributed by atoms with Gasteiger partial charge in [-0.1, -0.05) is 54.9 Å². The van der Waals surface area contributed by atoms with E-state index in [1.165, 1.54) is 0 Å². The van der Waals surface area contributed by atoms with Crippen LogP contribution in [-0.2, 0) is 9.53 Å². The Morgan fingerprint density at radius 3 is 1.76 bits per heavy atom. The number of nitrogens with two attached hydrogens (primary N) is 1. The summed E-state index contributed by atoms with van der Waals surface area (Å²) < 4.78 is 6.22. The number of carbonyl (C=O) groups is 1. The maximum atomic E-state index is 12.0. The van der Waals surface area contributed by atoms with Gasteiger partial charge in [-0.15, -0.1) is 0 Å². The molecule has 0 rings (SSSR count). The summed E-state index contributed by atoms with van der Waals surface area (Å²) in [6.45, 7) is 15.0. The normalized spacial score (nSPS) is 11.6. The molecule has 21 heavy (non-hydrogen) atoms. The molecular weight excluding hydrogens is 264 g/mol. The van der Waals surface area contributed by atoms with E-state index in [-0.39, 0.29) is 11.5 Å². The van der Waals surface area contributed by atoms with Gasteiger partial charge in [-0.2, -0.15) is 0 Å². The number of rotatable bonds is 10. The number of hydrogen-bond donors (Lipinski definition) is 2. The molecule has 0 radical (unpaired) electrons. The summed E-state index contributed by atoms with van der Waals surface area (Å²) in [5.74, 6) is 5.20. The zero-order chi connectivity index (χ0) is 16.9. The SMILES string of the molecule is CC.CCCC(CC)(CC)OCC(CC)(CC)C(=O)NN. The molecular formula is C17H38N2O2. The second-order valence-electron chi connectivity index (χ2n) is 5.39. The fourth-order valence-corrected chi connectivity index (χ4v) is 2.62. The lowest BCUT2D eigenvalue weighted by molar-refractivity contribution is -0.144. The van der Waals surface area contributed by atoms with Crippen LogP contribution in [0.3, 0.4) is 0 Å². The molecule has 0 aliphatic carbocycles. The summed E-state index contributed by atoms with van der Waals surface area (Å²) >= 11 is 0. The largest absolute Gasteiger partial charge is 0.374 e. The van der Waals surface area contributed by atoms with E-state index in [9.17, 15) is 4.79 Å². The zero-order valence-electron chi connectivity index (χ0n) is 15.3. The minimum absolute atomic E-state index is 0.0980. The van der Waals surface area contributed by atoms with E-state index >= 15 is 0 Å². The summed E-state index contributed by atoms with van der Waals surface area (Å²) in [4.78, 5) is 12.0. The predicted octanol–water partition coefficient (Wildman–Crippen LogP) is 4.18. The number of nitrogens with one attached hydrogen (secondary N) is 1. The molecule has 0 aliphatic rings. The molecule has 0 heterocycles. The van der Waals surface area contributed by atoms with Crippen LogP contribution < -0.4 is 11.3 Å². The lowest BCUT2D eigenvalue weighted by atomic mass is 9.81. The molecule has 0 saturated heterocycles. The average Bonchev–Trinajstić information content (AvgIpc) is 2.56. The van der Waals surface area contributed by atoms with Gasteiger partial charge < -0.3 is 4.74 Å². The Morgan fingerprint density at radius 1 is 1.00 bits per heavy atom. The number of hydrazine groups is 1. The summed E-state index contributed by atoms with van der Waals surface area (Å²) in [6, 6.07) is 0. The van der Waals surface area contributed by atoms with Gasteiger partial charge in [0.1, 0.15) is 0 Å². The van der Waals surface area contributed by atoms with Crippen molar-refractivity contribution in [2.45, 2.75) is 92.6 Å². The van der Waals surface area contributed by atoms with Gasteiger partial charge in [-0.05, 0) is 32.1 Å². The van der Waals surface area contributed by atoms with Gasteiger partial charge in [0.05, 0.1) is 17.6 Å². The maximum Gasteiger partial charge on any atom is 0.242 e. The molecule has 0 spiro atoms. The van der Waals surface area contributed by atoms with Crippen molar-refractivity contribution in [3.8, 4) is 0 Å². The first-order valence-electron chi connectivity index (χ1n) is 8.64. The molecule has 0 aromatic rings. The Kier molecular flexibility index (Phi) is 12.9. The third-order valence-corrected chi connectivity index (χ3v) is 4.62. The van der Waals surface area contributed by atoms with Gasteiger partial charge in [0, 0.05) is 0 Å². The maximum absolute atomic E-state index is 12.0. The van der Waals surface area contributed by atoms with Gasteiger partial charge in [0.25, 0.3) is 0 Å². The van der Waals surface area contributed by atoms with Gasteiger partial charge in [-0.25, -0.2) is 5.84 Å². The number of ether oxygens (including phenoxy) is 1. The third-order valence-electron chi connectivity index (χ3n) is 4.62. The van der Waals surface area contributed by atoms with Crippen LogP contribution in [0.15, 0.2) is 0 Å². The summed E-state index contributed by atoms with van der Waals surface area (Å²) in [5.41, 5.74) is 1.69. The molecule has 4 heteroatoms. The Hall–Kier alpha value is -0.610. The van der Waals surface area contributed by atoms with Crippen LogP contribution in [0.1, 0.15) is 87.0 Å². The molecule has 0 bridgehead atoms. The van der Waals surface area contributed by atoms with E-state index in [2.05, 4.69) is 26.2 Å². The molecule has 0 saturated carbocycles. The molecule has 1 amide bonds. The quantitative estimate of drug-likeness (QED) is 0.361. The van der Waals surface area contributed by atoms with Crippen LogP contribution in [0.2, 0.25) is 0 Å². The molecule has 128 valence electrons. The Labute approximate surface area is 132 Å². The van der Waals surface area contributed by atoms with Crippen molar-refractivity contribution in [1.82, 2.24) is 5.43 Å². The van der Waals surface area contributed by atoms with Crippen molar-refractivity contribution < 1.29 is 9.53 Å². The van der Waals surface area contributed by atoms with Gasteiger partial charge in [-0.3, -0.25) is 10.2 Å². The van der Waals surface area contributed by atoms with Crippen LogP contribution in [0.4, 0.5) is 0 Å². The van der Waals surface area contributed by atoms with E-state index in [0.29, 0.717) is 6.61 Å². The molecule has 0 atom stereocenters. The Balaban J connectivity index is 0. The lowest BCUT2D eigenvalue weighted by Crippen LogP contribution is -2.48. The Bertz CT molecular complexity index is 260. The number of carbonyl (C=O) groups excluding carboxylic acids is 1. The van der Waals surface area contributed by atoms with E-state index in [4.69, 9.17) is 10.6 Å². The van der Waals surface area contributed by atoms with Crippen molar-refractivity contribution in [2.24, 2.45) is 11.3 Å². The van der Waals surface area contributed by atoms with Crippen LogP contribution in [-0.4, -0.2) is 18.1 Å². The second-order valence-corrected chi connectivity index (χ2v) is 5.39. The first kappa shape index (κ1) is 22.7. The second kappa shape index (κ2) is 12.0. The predicted molar refractivity (Wildman–Crippen MR) is 90.9 cm³/mol. The lowest BCUT2D eigenvalue weighted by Gasteiger charge is -2.37. The van der Waals surface area contributed by atoms with Crippen LogP contribution in [0.5, 0.6) is 0 Å². The number of hydrogen-bond acceptors (Lipinski definition) is 3. The summed E-state index contributed by atoms with van der Waals surface area (Å²) in [5, 5.41) is 0. The van der Waals surface area contributed by atoms with Crippen molar-refractivity contribution in [1.29, 1.82) is 0 Å². The highest BCUT2D eigenvalue weighted by atomic mass is 16.5. The fourth-order valence-electron chi connectivity index (χ4n) is 2.62. The summed E-state index contributed by atoms with van der Waals surface area (Å²) in [6.07, 6.45) is 5.56. The standard InChI is InChI=1S/C15H32N2O2.C2H6/c1-6-11-15(9-4,10-5)19-12-14(7-2,8-3)13(18)17-16;1-2/h6-12,16H2,1-5H3,(H,17,18);1-2H3. The van der Waals surface area contributed by atoms with Gasteiger partial charge >= 0.3 is 0 Å². The van der Waals surface area contributed by atoms with Crippen molar-refractivity contribution in [2.75, 3.05) is 6.61 Å². The van der Waals surface area contributed by atoms with E-state index in [1.807, 2.05) is 27.7 Å². The zero-order valence-corrected chi connectivity index (χ0v) is 15.3. The molecule has 0 aliphatic heterocycles. The minimum atomic E-state index is -0.502. The molecule has 0 aromatic heterocycles. The molecule has 0 aromatic carbocycles. The highest BCUT2D eigenvalue weighted by molar-refractivity contribution is 5.82. The average molecular weight is 303 g/mol. The number of amides is 1. The van der Waals surface area contributed by atoms with E-state index in [1.54, 1.807) is 0 Å². The van der Waals surface area contributed by atoms with Crippen molar-refractivity contribution in [3.05, 3.63) is 0 Å². The first-order chi connectivity index (χ1) is 9.99. The summed E-state index contributed by atoms with van der Waals surface area (Å²) in [7, 11) is 0. The van der Waals surface area contributed by atoms with Gasteiger partial charge in [0.15, 0.2) is 0 Å². The monoisotopic (exact) mass is 302 g/mol. The highest BCUT2D eigenvalue weighted by Crippen LogP contribution is 2.33. The van der Waals surface area contributed by atoms with E-state index in [0.717, 1.165) is 38.5 Å². The minimum Gasteiger partial charge on any atom is -0.374 e. The van der Waals surface area contributed by atoms with Crippen LogP contribution in [0.25, 0.3) is 0 Å². The topological polar surface area (TPSA) is 64.3 Å². The molecule has 0 fully saturated rings.